The van der Waals surface area contributed by atoms with Gasteiger partial charge in [-0.3, -0.25) is 0 Å². The summed E-state index contributed by atoms with van der Waals surface area (Å²) in [5.74, 6) is 1.88. The van der Waals surface area contributed by atoms with Gasteiger partial charge in [0.05, 0.1) is 15.8 Å². The van der Waals surface area contributed by atoms with Crippen molar-refractivity contribution in [1.82, 2.24) is 19.9 Å². The molecule has 11 aromatic rings. The fraction of sp³-hybridized carbons (Fsp3) is 0. The SMILES string of the molecule is c1ccc(-c2ccc(-c3nc4c(-c5nc(-c6ccccc6)nc(-c6ccc7c(ccc8ccccc87)c6)n5)c5sc6ccccc6c5cc4s3)cc2)cc1. The van der Waals surface area contributed by atoms with E-state index in [1.165, 1.54) is 42.8 Å². The molecule has 0 radical (unpaired) electrons. The van der Waals surface area contributed by atoms with Crippen molar-refractivity contribution in [2.75, 3.05) is 0 Å². The van der Waals surface area contributed by atoms with Gasteiger partial charge in [-0.1, -0.05) is 152 Å². The Morgan fingerprint density at radius 3 is 1.74 bits per heavy atom. The molecule has 3 aromatic heterocycles. The standard InChI is InChI=1S/C48H28N4S2/c1-3-11-29(12-4-1)30-19-22-33(23-20-30)48-49-43-41(54-48)28-39-38-17-9-10-18-40(38)53-44(39)42(43)47-51-45(32-14-5-2-6-15-32)50-46(52-47)35-25-26-37-34(27-35)24-21-31-13-7-8-16-36(31)37/h1-28H. The van der Waals surface area contributed by atoms with Crippen LogP contribution in [0.2, 0.25) is 0 Å². The Morgan fingerprint density at radius 2 is 0.926 bits per heavy atom. The summed E-state index contributed by atoms with van der Waals surface area (Å²) < 4.78 is 3.45. The first kappa shape index (κ1) is 31.0. The highest BCUT2D eigenvalue weighted by molar-refractivity contribution is 7.27. The number of thiazole rings is 1. The van der Waals surface area contributed by atoms with Crippen LogP contribution in [0.25, 0.3) is 108 Å². The molecule has 4 nitrogen and oxygen atoms in total. The van der Waals surface area contributed by atoms with E-state index in [2.05, 4.69) is 146 Å². The van der Waals surface area contributed by atoms with Crippen molar-refractivity contribution < 1.29 is 0 Å². The predicted octanol–water partition coefficient (Wildman–Crippen LogP) is 13.5. The number of fused-ring (bicyclic) bond motifs is 7. The highest BCUT2D eigenvalue weighted by atomic mass is 32.1. The second kappa shape index (κ2) is 12.5. The Labute approximate surface area is 318 Å². The third kappa shape index (κ3) is 5.18. The van der Waals surface area contributed by atoms with Gasteiger partial charge in [0.1, 0.15) is 5.01 Å². The second-order valence-corrected chi connectivity index (χ2v) is 15.5. The molecule has 0 fully saturated rings. The van der Waals surface area contributed by atoms with Crippen molar-refractivity contribution in [2.24, 2.45) is 0 Å². The van der Waals surface area contributed by atoms with E-state index in [-0.39, 0.29) is 0 Å². The lowest BCUT2D eigenvalue weighted by Gasteiger charge is -2.11. The molecular weight excluding hydrogens is 697 g/mol. The molecule has 0 aliphatic heterocycles. The van der Waals surface area contributed by atoms with Crippen molar-refractivity contribution >= 4 is 74.6 Å². The summed E-state index contributed by atoms with van der Waals surface area (Å²) in [5, 5.41) is 8.18. The zero-order chi connectivity index (χ0) is 35.6. The van der Waals surface area contributed by atoms with Gasteiger partial charge in [0.15, 0.2) is 17.5 Å². The maximum atomic E-state index is 5.38. The molecule has 0 N–H and O–H groups in total. The molecule has 54 heavy (non-hydrogen) atoms. The van der Waals surface area contributed by atoms with Crippen molar-refractivity contribution in [3.05, 3.63) is 170 Å². The van der Waals surface area contributed by atoms with E-state index in [4.69, 9.17) is 19.9 Å². The Kier molecular flexibility index (Phi) is 7.18. The summed E-state index contributed by atoms with van der Waals surface area (Å²) in [6.07, 6.45) is 0. The molecule has 0 bridgehead atoms. The first-order valence-electron chi connectivity index (χ1n) is 17.9. The van der Waals surface area contributed by atoms with Gasteiger partial charge >= 0.3 is 0 Å². The Balaban J connectivity index is 1.15. The molecule has 0 spiro atoms. The minimum Gasteiger partial charge on any atom is -0.235 e. The zero-order valence-corrected chi connectivity index (χ0v) is 30.4. The number of aromatic nitrogens is 4. The highest BCUT2D eigenvalue weighted by Crippen LogP contribution is 2.46. The van der Waals surface area contributed by atoms with E-state index in [0.29, 0.717) is 17.5 Å². The van der Waals surface area contributed by atoms with E-state index >= 15 is 0 Å². The molecule has 0 saturated carbocycles. The average Bonchev–Trinajstić information content (AvgIpc) is 3.84. The monoisotopic (exact) mass is 724 g/mol. The molecule has 0 aliphatic carbocycles. The van der Waals surface area contributed by atoms with Crippen LogP contribution in [0, 0.1) is 0 Å². The maximum Gasteiger partial charge on any atom is 0.167 e. The molecule has 0 amide bonds. The van der Waals surface area contributed by atoms with Gasteiger partial charge in [0, 0.05) is 36.9 Å². The average molecular weight is 725 g/mol. The molecule has 0 saturated heterocycles. The number of hydrogen-bond acceptors (Lipinski definition) is 6. The van der Waals surface area contributed by atoms with Crippen LogP contribution in [0.4, 0.5) is 0 Å². The fourth-order valence-electron chi connectivity index (χ4n) is 7.49. The lowest BCUT2D eigenvalue weighted by molar-refractivity contribution is 1.08. The van der Waals surface area contributed by atoms with Gasteiger partial charge in [0.2, 0.25) is 0 Å². The Hall–Kier alpha value is -6.60. The van der Waals surface area contributed by atoms with Gasteiger partial charge in [0.25, 0.3) is 0 Å². The number of rotatable bonds is 5. The first-order chi connectivity index (χ1) is 26.7. The van der Waals surface area contributed by atoms with Crippen LogP contribution >= 0.6 is 22.7 Å². The minimum absolute atomic E-state index is 0.621. The molecule has 0 unspecified atom stereocenters. The van der Waals surface area contributed by atoms with Gasteiger partial charge in [-0.25, -0.2) is 19.9 Å². The van der Waals surface area contributed by atoms with Crippen LogP contribution in [-0.2, 0) is 0 Å². The van der Waals surface area contributed by atoms with Crippen LogP contribution < -0.4 is 0 Å². The van der Waals surface area contributed by atoms with Crippen LogP contribution in [0.3, 0.4) is 0 Å². The number of hydrogen-bond donors (Lipinski definition) is 0. The number of thiophene rings is 1. The molecule has 3 heterocycles. The quantitative estimate of drug-likeness (QED) is 0.166. The van der Waals surface area contributed by atoms with Crippen LogP contribution in [0.1, 0.15) is 0 Å². The summed E-state index contributed by atoms with van der Waals surface area (Å²) in [5.41, 5.74) is 7.19. The van der Waals surface area contributed by atoms with Crippen molar-refractivity contribution in [3.63, 3.8) is 0 Å². The molecule has 11 rings (SSSR count). The number of nitrogens with zero attached hydrogens (tertiary/aromatic N) is 4. The topological polar surface area (TPSA) is 51.6 Å². The van der Waals surface area contributed by atoms with Gasteiger partial charge in [-0.15, -0.1) is 22.7 Å². The van der Waals surface area contributed by atoms with E-state index in [1.54, 1.807) is 22.7 Å². The van der Waals surface area contributed by atoms with Crippen molar-refractivity contribution in [1.29, 1.82) is 0 Å². The van der Waals surface area contributed by atoms with Gasteiger partial charge in [-0.05, 0) is 50.9 Å². The summed E-state index contributed by atoms with van der Waals surface area (Å²) >= 11 is 3.49. The van der Waals surface area contributed by atoms with Crippen LogP contribution in [0.5, 0.6) is 0 Å². The van der Waals surface area contributed by atoms with Crippen LogP contribution in [-0.4, -0.2) is 19.9 Å². The van der Waals surface area contributed by atoms with Gasteiger partial charge in [-0.2, -0.15) is 0 Å². The van der Waals surface area contributed by atoms with Crippen molar-refractivity contribution in [2.45, 2.75) is 0 Å². The lowest BCUT2D eigenvalue weighted by Crippen LogP contribution is -2.01. The van der Waals surface area contributed by atoms with Crippen molar-refractivity contribution in [3.8, 4) is 55.9 Å². The van der Waals surface area contributed by atoms with E-state index in [1.807, 2.05) is 24.3 Å². The maximum absolute atomic E-state index is 5.38. The fourth-order valence-corrected chi connectivity index (χ4v) is 9.74. The number of benzene rings is 8. The first-order valence-corrected chi connectivity index (χ1v) is 19.5. The third-order valence-electron chi connectivity index (χ3n) is 10.2. The molecular formula is C48H28N4S2. The summed E-state index contributed by atoms with van der Waals surface area (Å²) in [4.78, 5) is 21.1. The predicted molar refractivity (Wildman–Crippen MR) is 228 cm³/mol. The molecule has 6 heteroatoms. The van der Waals surface area contributed by atoms with E-state index in [0.717, 1.165) is 47.6 Å². The van der Waals surface area contributed by atoms with E-state index in [9.17, 15) is 0 Å². The summed E-state index contributed by atoms with van der Waals surface area (Å²) in [7, 11) is 0. The summed E-state index contributed by atoms with van der Waals surface area (Å²) in [6.45, 7) is 0. The normalized spacial score (nSPS) is 11.7. The van der Waals surface area contributed by atoms with Gasteiger partial charge < -0.3 is 0 Å². The zero-order valence-electron chi connectivity index (χ0n) is 28.8. The van der Waals surface area contributed by atoms with Crippen LogP contribution in [0.15, 0.2) is 170 Å². The molecule has 0 aliphatic rings. The van der Waals surface area contributed by atoms with E-state index < -0.39 is 0 Å². The Bertz CT molecular complexity index is 3200. The smallest absolute Gasteiger partial charge is 0.167 e. The molecule has 8 aromatic carbocycles. The lowest BCUT2D eigenvalue weighted by atomic mass is 10.00. The summed E-state index contributed by atoms with van der Waals surface area (Å²) in [6, 6.07) is 59.7. The second-order valence-electron chi connectivity index (χ2n) is 13.4. The largest absolute Gasteiger partial charge is 0.235 e. The molecule has 252 valence electrons. The Morgan fingerprint density at radius 1 is 0.333 bits per heavy atom. The minimum atomic E-state index is 0.621. The highest BCUT2D eigenvalue weighted by Gasteiger charge is 2.23. The third-order valence-corrected chi connectivity index (χ3v) is 12.4. The molecule has 0 atom stereocenters.